The van der Waals surface area contributed by atoms with Crippen molar-refractivity contribution in [2.45, 2.75) is 26.8 Å². The Kier molecular flexibility index (Phi) is 2.64. The molecule has 0 saturated carbocycles. The van der Waals surface area contributed by atoms with Crippen LogP contribution in [0, 0.1) is 5.92 Å². The van der Waals surface area contributed by atoms with Crippen molar-refractivity contribution in [3.63, 3.8) is 0 Å². The molecule has 1 atom stereocenters. The normalized spacial score (nSPS) is 17.7. The van der Waals surface area contributed by atoms with E-state index in [-0.39, 0.29) is 12.0 Å². The van der Waals surface area contributed by atoms with Crippen molar-refractivity contribution in [1.29, 1.82) is 0 Å². The molecule has 0 radical (unpaired) electrons. The molecule has 0 aromatic carbocycles. The average molecular weight is 147 g/mol. The van der Waals surface area contributed by atoms with Gasteiger partial charge in [0.15, 0.2) is 0 Å². The maximum atomic E-state index is 10.8. The standard InChI is InChI=1S/C7H15NO2/c1-5(2)6(3)8-7(10)4-9/h5-6,9H,4H2,1-3H3,(H,8,10)/t6-/m1/s1/i4D2. The maximum Gasteiger partial charge on any atom is 0.245 e. The Bertz CT molecular complexity index is 165. The first-order chi connectivity index (χ1) is 5.25. The van der Waals surface area contributed by atoms with Gasteiger partial charge in [0.05, 0.1) is 2.74 Å². The monoisotopic (exact) mass is 147 g/mol. The molecule has 0 rings (SSSR count). The molecule has 0 aliphatic rings. The van der Waals surface area contributed by atoms with Crippen LogP contribution in [0.15, 0.2) is 0 Å². The highest BCUT2D eigenvalue weighted by molar-refractivity contribution is 5.77. The van der Waals surface area contributed by atoms with Gasteiger partial charge < -0.3 is 10.4 Å². The van der Waals surface area contributed by atoms with Crippen molar-refractivity contribution < 1.29 is 12.6 Å². The molecular weight excluding hydrogens is 130 g/mol. The van der Waals surface area contributed by atoms with Crippen molar-refractivity contribution in [3.05, 3.63) is 0 Å². The van der Waals surface area contributed by atoms with E-state index in [1.165, 1.54) is 0 Å². The smallest absolute Gasteiger partial charge is 0.245 e. The van der Waals surface area contributed by atoms with E-state index in [0.717, 1.165) is 0 Å². The molecule has 1 amide bonds. The first-order valence-electron chi connectivity index (χ1n) is 4.28. The Morgan fingerprint density at radius 1 is 1.70 bits per heavy atom. The van der Waals surface area contributed by atoms with E-state index in [4.69, 9.17) is 7.85 Å². The van der Waals surface area contributed by atoms with Gasteiger partial charge in [-0.3, -0.25) is 4.79 Å². The lowest BCUT2D eigenvalue weighted by molar-refractivity contribution is -0.124. The minimum absolute atomic E-state index is 0.139. The van der Waals surface area contributed by atoms with Gasteiger partial charge in [0.1, 0.15) is 6.56 Å². The van der Waals surface area contributed by atoms with E-state index in [1.807, 2.05) is 13.8 Å². The minimum Gasteiger partial charge on any atom is -0.387 e. The highest BCUT2D eigenvalue weighted by Crippen LogP contribution is 1.98. The van der Waals surface area contributed by atoms with Crippen LogP contribution in [0.1, 0.15) is 23.5 Å². The molecular formula is C7H15NO2. The molecule has 0 aliphatic carbocycles. The molecule has 0 spiro atoms. The fourth-order valence-corrected chi connectivity index (χ4v) is 0.406. The Labute approximate surface area is 64.2 Å². The lowest BCUT2D eigenvalue weighted by atomic mass is 10.1. The number of amides is 1. The van der Waals surface area contributed by atoms with Gasteiger partial charge in [-0.25, -0.2) is 0 Å². The molecule has 60 valence electrons. The summed E-state index contributed by atoms with van der Waals surface area (Å²) in [6.45, 7) is 2.78. The van der Waals surface area contributed by atoms with E-state index in [1.54, 1.807) is 6.92 Å². The lowest BCUT2D eigenvalue weighted by Crippen LogP contribution is -2.37. The molecule has 0 fully saturated rings. The summed E-state index contributed by atoms with van der Waals surface area (Å²) in [6, 6.07) is -0.139. The number of rotatable bonds is 3. The molecule has 0 bridgehead atoms. The zero-order valence-corrected chi connectivity index (χ0v) is 6.51. The second-order valence-corrected chi connectivity index (χ2v) is 2.62. The average Bonchev–Trinajstić information content (AvgIpc) is 1.85. The zero-order chi connectivity index (χ0) is 9.94. The van der Waals surface area contributed by atoms with Crippen LogP contribution in [0.5, 0.6) is 0 Å². The molecule has 3 nitrogen and oxygen atoms in total. The quantitative estimate of drug-likeness (QED) is 0.596. The predicted octanol–water partition coefficient (Wildman–Crippen LogP) is 0.139. The van der Waals surface area contributed by atoms with Crippen LogP contribution >= 0.6 is 0 Å². The van der Waals surface area contributed by atoms with Gasteiger partial charge in [0.2, 0.25) is 5.91 Å². The fourth-order valence-electron chi connectivity index (χ4n) is 0.406. The molecule has 2 N–H and O–H groups in total. The molecule has 0 aromatic heterocycles. The predicted molar refractivity (Wildman–Crippen MR) is 39.5 cm³/mol. The summed E-state index contributed by atoms with van der Waals surface area (Å²) in [5, 5.41) is 11.0. The van der Waals surface area contributed by atoms with Gasteiger partial charge >= 0.3 is 0 Å². The molecule has 3 heteroatoms. The van der Waals surface area contributed by atoms with Crippen LogP contribution in [0.3, 0.4) is 0 Å². The molecule has 0 unspecified atom stereocenters. The Balaban J connectivity index is 4.02. The minimum atomic E-state index is -2.77. The Morgan fingerprint density at radius 3 is 2.50 bits per heavy atom. The van der Waals surface area contributed by atoms with Crippen LogP contribution in [-0.2, 0) is 4.79 Å². The van der Waals surface area contributed by atoms with Crippen LogP contribution in [0.4, 0.5) is 0 Å². The second-order valence-electron chi connectivity index (χ2n) is 2.62. The topological polar surface area (TPSA) is 49.3 Å². The van der Waals surface area contributed by atoms with Crippen molar-refractivity contribution in [1.82, 2.24) is 5.32 Å². The summed E-state index contributed by atoms with van der Waals surface area (Å²) in [6.07, 6.45) is 0. The maximum absolute atomic E-state index is 10.8. The number of aliphatic hydroxyl groups is 1. The third kappa shape index (κ3) is 3.45. The molecule has 0 saturated heterocycles. The van der Waals surface area contributed by atoms with Gasteiger partial charge in [-0.15, -0.1) is 0 Å². The van der Waals surface area contributed by atoms with E-state index in [2.05, 4.69) is 5.32 Å². The van der Waals surface area contributed by atoms with Gasteiger partial charge in [-0.2, -0.15) is 0 Å². The number of hydrogen-bond donors (Lipinski definition) is 2. The van der Waals surface area contributed by atoms with Gasteiger partial charge in [0, 0.05) is 6.04 Å². The molecule has 10 heavy (non-hydrogen) atoms. The Hall–Kier alpha value is -0.570. The van der Waals surface area contributed by atoms with Crippen molar-refractivity contribution in [2.24, 2.45) is 5.92 Å². The fraction of sp³-hybridized carbons (Fsp3) is 0.857. The number of hydrogen-bond acceptors (Lipinski definition) is 2. The second kappa shape index (κ2) is 4.28. The summed E-state index contributed by atoms with van der Waals surface area (Å²) >= 11 is 0. The third-order valence-electron chi connectivity index (χ3n) is 1.46. The number of carbonyl (C=O) groups excluding carboxylic acids is 1. The third-order valence-corrected chi connectivity index (χ3v) is 1.46. The lowest BCUT2D eigenvalue weighted by Gasteiger charge is -2.16. The summed E-state index contributed by atoms with van der Waals surface area (Å²) in [5.41, 5.74) is 0. The summed E-state index contributed by atoms with van der Waals surface area (Å²) < 4.78 is 13.4. The van der Waals surface area contributed by atoms with Crippen molar-refractivity contribution in [3.8, 4) is 0 Å². The zero-order valence-electron chi connectivity index (χ0n) is 8.51. The highest BCUT2D eigenvalue weighted by atomic mass is 16.3. The summed E-state index contributed by atoms with van der Waals surface area (Å²) in [7, 11) is 0. The molecule has 0 heterocycles. The summed E-state index contributed by atoms with van der Waals surface area (Å²) in [5.74, 6) is -0.764. The highest BCUT2D eigenvalue weighted by Gasteiger charge is 2.08. The van der Waals surface area contributed by atoms with Gasteiger partial charge in [-0.1, -0.05) is 13.8 Å². The molecule has 0 aromatic rings. The SMILES string of the molecule is [2H]C([2H])(O)C(=O)N[C@H](C)C(C)C. The first kappa shape index (κ1) is 6.16. The van der Waals surface area contributed by atoms with Gasteiger partial charge in [0.25, 0.3) is 0 Å². The van der Waals surface area contributed by atoms with E-state index in [0.29, 0.717) is 0 Å². The van der Waals surface area contributed by atoms with Gasteiger partial charge in [-0.05, 0) is 12.8 Å². The molecule has 0 aliphatic heterocycles. The van der Waals surface area contributed by atoms with Crippen molar-refractivity contribution in [2.75, 3.05) is 6.56 Å². The van der Waals surface area contributed by atoms with E-state index < -0.39 is 12.5 Å². The largest absolute Gasteiger partial charge is 0.387 e. The van der Waals surface area contributed by atoms with Crippen LogP contribution in [-0.4, -0.2) is 23.6 Å². The number of nitrogens with one attached hydrogen (secondary N) is 1. The summed E-state index contributed by atoms with van der Waals surface area (Å²) in [4.78, 5) is 10.8. The van der Waals surface area contributed by atoms with Crippen LogP contribution in [0.2, 0.25) is 0 Å². The van der Waals surface area contributed by atoms with E-state index in [9.17, 15) is 4.79 Å². The van der Waals surface area contributed by atoms with E-state index >= 15 is 0 Å². The number of carbonyl (C=O) groups is 1. The van der Waals surface area contributed by atoms with Crippen LogP contribution in [0.25, 0.3) is 0 Å². The Morgan fingerprint density at radius 2 is 2.20 bits per heavy atom. The van der Waals surface area contributed by atoms with Crippen LogP contribution < -0.4 is 5.32 Å². The van der Waals surface area contributed by atoms with Crippen molar-refractivity contribution >= 4 is 5.91 Å². The first-order valence-corrected chi connectivity index (χ1v) is 3.28.